The minimum absolute atomic E-state index is 0.00116. The van der Waals surface area contributed by atoms with Crippen LogP contribution in [0.2, 0.25) is 0 Å². The minimum atomic E-state index is -0.812. The second-order valence-corrected chi connectivity index (χ2v) is 3.38. The van der Waals surface area contributed by atoms with Crippen LogP contribution in [-0.4, -0.2) is 17.4 Å². The molecule has 11 heavy (non-hydrogen) atoms. The Balaban J connectivity index is 2.13. The molecule has 1 aliphatic heterocycles. The van der Waals surface area contributed by atoms with Gasteiger partial charge in [-0.05, 0) is 12.8 Å². The van der Waals surface area contributed by atoms with Crippen molar-refractivity contribution in [3.05, 3.63) is 0 Å². The van der Waals surface area contributed by atoms with Crippen molar-refractivity contribution in [3.63, 3.8) is 0 Å². The first-order valence-corrected chi connectivity index (χ1v) is 4.17. The van der Waals surface area contributed by atoms with Gasteiger partial charge in [0.15, 0.2) is 0 Å². The van der Waals surface area contributed by atoms with E-state index < -0.39 is 6.29 Å². The lowest BCUT2D eigenvalue weighted by atomic mass is 9.81. The molecule has 1 aliphatic carbocycles. The Labute approximate surface area is 65.4 Å². The van der Waals surface area contributed by atoms with Crippen molar-refractivity contribution in [1.82, 2.24) is 0 Å². The van der Waals surface area contributed by atoms with E-state index in [0.29, 0.717) is 0 Å². The van der Waals surface area contributed by atoms with Gasteiger partial charge >= 0.3 is 5.97 Å². The largest absolute Gasteiger partial charge is 0.435 e. The number of hydrogen-bond donors (Lipinski definition) is 1. The Hall–Kier alpha value is -0.570. The van der Waals surface area contributed by atoms with Crippen LogP contribution < -0.4 is 0 Å². The molecule has 1 unspecified atom stereocenters. The number of esters is 1. The lowest BCUT2D eigenvalue weighted by molar-refractivity contribution is -0.156. The molecule has 0 aromatic carbocycles. The summed E-state index contributed by atoms with van der Waals surface area (Å²) in [7, 11) is 0. The lowest BCUT2D eigenvalue weighted by Crippen LogP contribution is -2.23. The van der Waals surface area contributed by atoms with Crippen molar-refractivity contribution in [2.45, 2.75) is 32.0 Å². The van der Waals surface area contributed by atoms with E-state index in [9.17, 15) is 9.90 Å². The smallest absolute Gasteiger partial charge is 0.311 e. The van der Waals surface area contributed by atoms with Gasteiger partial charge in [0.05, 0.1) is 5.92 Å². The van der Waals surface area contributed by atoms with Crippen molar-refractivity contribution < 1.29 is 14.6 Å². The Morgan fingerprint density at radius 2 is 2.09 bits per heavy atom. The summed E-state index contributed by atoms with van der Waals surface area (Å²) < 4.78 is 4.72. The maximum absolute atomic E-state index is 11.0. The summed E-state index contributed by atoms with van der Waals surface area (Å²) >= 11 is 0. The van der Waals surface area contributed by atoms with Gasteiger partial charge in [-0.3, -0.25) is 4.79 Å². The topological polar surface area (TPSA) is 46.5 Å². The molecule has 0 spiro atoms. The molecular formula is C8H12O3. The molecule has 1 heterocycles. The zero-order valence-electron chi connectivity index (χ0n) is 6.32. The number of aliphatic hydroxyl groups excluding tert-OH is 1. The molecule has 62 valence electrons. The van der Waals surface area contributed by atoms with Crippen molar-refractivity contribution in [3.8, 4) is 0 Å². The van der Waals surface area contributed by atoms with E-state index in [2.05, 4.69) is 0 Å². The van der Waals surface area contributed by atoms with Gasteiger partial charge in [0, 0.05) is 5.92 Å². The van der Waals surface area contributed by atoms with Crippen LogP contribution in [0, 0.1) is 11.8 Å². The van der Waals surface area contributed by atoms with Crippen LogP contribution in [0.3, 0.4) is 0 Å². The molecule has 1 saturated carbocycles. The van der Waals surface area contributed by atoms with Gasteiger partial charge in [-0.15, -0.1) is 0 Å². The lowest BCUT2D eigenvalue weighted by Gasteiger charge is -2.21. The molecule has 1 N–H and O–H groups in total. The fourth-order valence-electron chi connectivity index (χ4n) is 2.09. The van der Waals surface area contributed by atoms with Crippen LogP contribution >= 0.6 is 0 Å². The number of rotatable bonds is 0. The maximum Gasteiger partial charge on any atom is 0.311 e. The van der Waals surface area contributed by atoms with Gasteiger partial charge in [-0.2, -0.15) is 0 Å². The van der Waals surface area contributed by atoms with Gasteiger partial charge in [0.2, 0.25) is 6.29 Å². The normalized spacial score (nSPS) is 43.4. The molecule has 1 saturated heterocycles. The molecule has 0 bridgehead atoms. The third kappa shape index (κ3) is 1.03. The molecule has 0 aromatic rings. The Morgan fingerprint density at radius 1 is 1.36 bits per heavy atom. The summed E-state index contributed by atoms with van der Waals surface area (Å²) in [5.74, 6) is -0.0998. The fraction of sp³-hybridized carbons (Fsp3) is 0.875. The van der Waals surface area contributed by atoms with E-state index in [1.165, 1.54) is 0 Å². The van der Waals surface area contributed by atoms with E-state index in [1.54, 1.807) is 0 Å². The molecular weight excluding hydrogens is 144 g/mol. The zero-order chi connectivity index (χ0) is 7.84. The average molecular weight is 156 g/mol. The number of carbonyl (C=O) groups excluding carboxylic acids is 1. The first-order valence-electron chi connectivity index (χ1n) is 4.17. The Bertz CT molecular complexity index is 178. The number of fused-ring (bicyclic) bond motifs is 1. The van der Waals surface area contributed by atoms with Crippen molar-refractivity contribution in [2.75, 3.05) is 0 Å². The number of aliphatic hydroxyl groups is 1. The number of cyclic esters (lactones) is 1. The van der Waals surface area contributed by atoms with Crippen LogP contribution in [0.4, 0.5) is 0 Å². The number of hydrogen-bond acceptors (Lipinski definition) is 3. The molecule has 3 atom stereocenters. The summed E-state index contributed by atoms with van der Waals surface area (Å²) in [6.45, 7) is 0. The third-order valence-corrected chi connectivity index (χ3v) is 2.73. The summed E-state index contributed by atoms with van der Waals surface area (Å²) in [5, 5.41) is 9.25. The van der Waals surface area contributed by atoms with Crippen LogP contribution in [0.1, 0.15) is 25.7 Å². The van der Waals surface area contributed by atoms with Gasteiger partial charge in [0.1, 0.15) is 0 Å². The summed E-state index contributed by atoms with van der Waals surface area (Å²) in [5.41, 5.74) is 0. The maximum atomic E-state index is 11.0. The molecule has 0 radical (unpaired) electrons. The zero-order valence-corrected chi connectivity index (χ0v) is 6.32. The van der Waals surface area contributed by atoms with Crippen LogP contribution in [0.15, 0.2) is 0 Å². The van der Waals surface area contributed by atoms with Crippen LogP contribution in [0.25, 0.3) is 0 Å². The second-order valence-electron chi connectivity index (χ2n) is 3.38. The van der Waals surface area contributed by atoms with Crippen molar-refractivity contribution in [2.24, 2.45) is 11.8 Å². The van der Waals surface area contributed by atoms with Gasteiger partial charge < -0.3 is 9.84 Å². The van der Waals surface area contributed by atoms with Crippen LogP contribution in [-0.2, 0) is 9.53 Å². The highest BCUT2D eigenvalue weighted by Gasteiger charge is 2.44. The predicted molar refractivity (Wildman–Crippen MR) is 37.5 cm³/mol. The molecule has 0 aromatic heterocycles. The highest BCUT2D eigenvalue weighted by atomic mass is 16.6. The molecule has 0 amide bonds. The van der Waals surface area contributed by atoms with Crippen LogP contribution in [0.5, 0.6) is 0 Å². The molecule has 3 nitrogen and oxygen atoms in total. The Morgan fingerprint density at radius 3 is 2.82 bits per heavy atom. The van der Waals surface area contributed by atoms with Crippen molar-refractivity contribution in [1.29, 1.82) is 0 Å². The average Bonchev–Trinajstić information content (AvgIpc) is 2.30. The first-order chi connectivity index (χ1) is 5.29. The summed E-state index contributed by atoms with van der Waals surface area (Å²) in [6.07, 6.45) is 3.25. The molecule has 2 fully saturated rings. The monoisotopic (exact) mass is 156 g/mol. The van der Waals surface area contributed by atoms with Gasteiger partial charge in [-0.1, -0.05) is 12.8 Å². The quantitative estimate of drug-likeness (QED) is 0.524. The third-order valence-electron chi connectivity index (χ3n) is 2.73. The highest BCUT2D eigenvalue weighted by molar-refractivity contribution is 5.75. The number of carbonyl (C=O) groups is 1. The molecule has 2 aliphatic rings. The van der Waals surface area contributed by atoms with Gasteiger partial charge in [0.25, 0.3) is 0 Å². The summed E-state index contributed by atoms with van der Waals surface area (Å²) in [6, 6.07) is 0. The van der Waals surface area contributed by atoms with Crippen molar-refractivity contribution >= 4 is 5.97 Å². The van der Waals surface area contributed by atoms with E-state index in [4.69, 9.17) is 4.74 Å². The van der Waals surface area contributed by atoms with Gasteiger partial charge in [-0.25, -0.2) is 0 Å². The fourth-order valence-corrected chi connectivity index (χ4v) is 2.09. The first kappa shape index (κ1) is 7.10. The van der Waals surface area contributed by atoms with E-state index >= 15 is 0 Å². The summed E-state index contributed by atoms with van der Waals surface area (Å²) in [4.78, 5) is 11.0. The van der Waals surface area contributed by atoms with E-state index in [-0.39, 0.29) is 17.8 Å². The Kier molecular flexibility index (Phi) is 1.60. The van der Waals surface area contributed by atoms with E-state index in [1.807, 2.05) is 0 Å². The predicted octanol–water partition coefficient (Wildman–Crippen LogP) is 0.668. The second kappa shape index (κ2) is 2.48. The molecule has 2 rings (SSSR count). The SMILES string of the molecule is O=C1O[C@H](O)[C@H]2CCCCC12. The molecule has 3 heteroatoms. The highest BCUT2D eigenvalue weighted by Crippen LogP contribution is 2.38. The number of ether oxygens (including phenoxy) is 1. The minimum Gasteiger partial charge on any atom is -0.435 e. The van der Waals surface area contributed by atoms with E-state index in [0.717, 1.165) is 25.7 Å². The standard InChI is InChI=1S/C8H12O3/c9-7-5-3-1-2-4-6(5)8(10)11-7/h5-7,9H,1-4H2/t5-,6?,7-/m0/s1.